The van der Waals surface area contributed by atoms with Crippen LogP contribution >= 0.6 is 0 Å². The van der Waals surface area contributed by atoms with E-state index in [-0.39, 0.29) is 46.4 Å². The molecule has 3 aromatic carbocycles. The van der Waals surface area contributed by atoms with Gasteiger partial charge in [0.15, 0.2) is 40.6 Å². The molecular formula is C26H22O9. The van der Waals surface area contributed by atoms with Crippen LogP contribution in [0.2, 0.25) is 0 Å². The second-order valence-corrected chi connectivity index (χ2v) is 7.97. The standard InChI is InChI=1S/C26H22O9/c1-31-21-7-13(3-6-17(21)29)25-24(12-27)35-26-22(32-2)8-14(9-23(26)34-25)19-11-18(30)16-5-4-15(28)10-20(16)33-19/h3-11,24-25,27-29H,12H2,1-2H3. The van der Waals surface area contributed by atoms with E-state index in [1.165, 1.54) is 44.6 Å². The number of aliphatic hydroxyl groups excluding tert-OH is 1. The highest BCUT2D eigenvalue weighted by Gasteiger charge is 2.35. The Morgan fingerprint density at radius 3 is 2.46 bits per heavy atom. The Bertz CT molecular complexity index is 1470. The fraction of sp³-hybridized carbons (Fsp3) is 0.192. The van der Waals surface area contributed by atoms with E-state index in [0.29, 0.717) is 28.0 Å². The summed E-state index contributed by atoms with van der Waals surface area (Å²) in [5, 5.41) is 30.1. The molecule has 9 nitrogen and oxygen atoms in total. The number of fused-ring (bicyclic) bond motifs is 2. The van der Waals surface area contributed by atoms with Crippen LogP contribution in [0.5, 0.6) is 34.5 Å². The van der Waals surface area contributed by atoms with Crippen molar-refractivity contribution in [3.05, 3.63) is 70.4 Å². The number of benzene rings is 3. The zero-order chi connectivity index (χ0) is 24.7. The maximum atomic E-state index is 12.6. The molecule has 0 saturated heterocycles. The van der Waals surface area contributed by atoms with Crippen molar-refractivity contribution in [1.82, 2.24) is 0 Å². The number of phenols is 2. The molecule has 0 spiro atoms. The summed E-state index contributed by atoms with van der Waals surface area (Å²) in [5.41, 5.74) is 1.05. The normalized spacial score (nSPS) is 16.8. The minimum Gasteiger partial charge on any atom is -0.508 e. The van der Waals surface area contributed by atoms with Crippen molar-refractivity contribution in [1.29, 1.82) is 0 Å². The van der Waals surface area contributed by atoms with E-state index in [0.717, 1.165) is 0 Å². The lowest BCUT2D eigenvalue weighted by atomic mass is 10.0. The van der Waals surface area contributed by atoms with Crippen molar-refractivity contribution < 1.29 is 38.7 Å². The minimum absolute atomic E-state index is 0.0280. The first-order chi connectivity index (χ1) is 16.9. The largest absolute Gasteiger partial charge is 0.508 e. The molecule has 2 heterocycles. The van der Waals surface area contributed by atoms with Gasteiger partial charge >= 0.3 is 0 Å². The third-order valence-electron chi connectivity index (χ3n) is 5.81. The van der Waals surface area contributed by atoms with Gasteiger partial charge in [-0.2, -0.15) is 0 Å². The first kappa shape index (κ1) is 22.4. The molecule has 3 N–H and O–H groups in total. The minimum atomic E-state index is -0.766. The van der Waals surface area contributed by atoms with Crippen LogP contribution in [0.1, 0.15) is 11.7 Å². The van der Waals surface area contributed by atoms with Crippen LogP contribution in [0.4, 0.5) is 0 Å². The number of aliphatic hydroxyl groups is 1. The average molecular weight is 478 g/mol. The summed E-state index contributed by atoms with van der Waals surface area (Å²) in [6, 6.07) is 13.6. The zero-order valence-corrected chi connectivity index (χ0v) is 18.8. The summed E-state index contributed by atoms with van der Waals surface area (Å²) < 4.78 is 28.9. The zero-order valence-electron chi connectivity index (χ0n) is 18.8. The third-order valence-corrected chi connectivity index (χ3v) is 5.81. The number of methoxy groups -OCH3 is 2. The molecule has 0 bridgehead atoms. The molecule has 2 unspecified atom stereocenters. The Hall–Kier alpha value is -4.37. The second kappa shape index (κ2) is 8.77. The molecule has 0 radical (unpaired) electrons. The maximum Gasteiger partial charge on any atom is 0.204 e. The van der Waals surface area contributed by atoms with Crippen LogP contribution in [0.3, 0.4) is 0 Å². The summed E-state index contributed by atoms with van der Waals surface area (Å²) in [7, 11) is 2.90. The maximum absolute atomic E-state index is 12.6. The smallest absolute Gasteiger partial charge is 0.204 e. The van der Waals surface area contributed by atoms with Gasteiger partial charge in [-0.15, -0.1) is 0 Å². The molecule has 5 rings (SSSR count). The fourth-order valence-electron chi connectivity index (χ4n) is 4.07. The molecule has 9 heteroatoms. The lowest BCUT2D eigenvalue weighted by Crippen LogP contribution is -2.36. The van der Waals surface area contributed by atoms with Crippen molar-refractivity contribution >= 4 is 11.0 Å². The van der Waals surface area contributed by atoms with Crippen LogP contribution in [0, 0.1) is 0 Å². The van der Waals surface area contributed by atoms with Crippen molar-refractivity contribution in [2.24, 2.45) is 0 Å². The molecule has 4 aromatic rings. The second-order valence-electron chi connectivity index (χ2n) is 7.97. The quantitative estimate of drug-likeness (QED) is 0.393. The topological polar surface area (TPSA) is 128 Å². The van der Waals surface area contributed by atoms with Crippen molar-refractivity contribution in [2.75, 3.05) is 20.8 Å². The van der Waals surface area contributed by atoms with E-state index in [1.54, 1.807) is 24.3 Å². The van der Waals surface area contributed by atoms with E-state index < -0.39 is 12.2 Å². The Balaban J connectivity index is 1.61. The Morgan fingerprint density at radius 1 is 0.914 bits per heavy atom. The summed E-state index contributed by atoms with van der Waals surface area (Å²) >= 11 is 0. The predicted molar refractivity (Wildman–Crippen MR) is 126 cm³/mol. The van der Waals surface area contributed by atoms with Gasteiger partial charge in [-0.1, -0.05) is 6.07 Å². The number of rotatable bonds is 5. The van der Waals surface area contributed by atoms with Gasteiger partial charge in [0.05, 0.1) is 26.2 Å². The van der Waals surface area contributed by atoms with Gasteiger partial charge in [-0.05, 0) is 36.4 Å². The molecule has 1 aliphatic rings. The molecule has 1 aliphatic heterocycles. The first-order valence-electron chi connectivity index (χ1n) is 10.7. The third kappa shape index (κ3) is 3.95. The molecule has 35 heavy (non-hydrogen) atoms. The molecular weight excluding hydrogens is 456 g/mol. The number of hydrogen-bond donors (Lipinski definition) is 3. The predicted octanol–water partition coefficient (Wildman–Crippen LogP) is 3.76. The summed E-state index contributed by atoms with van der Waals surface area (Å²) in [6.07, 6.45) is -1.50. The van der Waals surface area contributed by atoms with Crippen LogP contribution in [-0.4, -0.2) is 42.3 Å². The number of phenolic OH excluding ortho intramolecular Hbond substituents is 2. The van der Waals surface area contributed by atoms with Gasteiger partial charge in [0.2, 0.25) is 5.75 Å². The molecule has 0 aliphatic carbocycles. The molecule has 2 atom stereocenters. The van der Waals surface area contributed by atoms with Gasteiger partial charge in [0, 0.05) is 23.3 Å². The molecule has 0 saturated carbocycles. The van der Waals surface area contributed by atoms with Crippen LogP contribution in [0.15, 0.2) is 63.8 Å². The van der Waals surface area contributed by atoms with Crippen LogP contribution < -0.4 is 24.4 Å². The highest BCUT2D eigenvalue weighted by atomic mass is 16.6. The fourth-order valence-corrected chi connectivity index (χ4v) is 4.07. The van der Waals surface area contributed by atoms with Gasteiger partial charge in [0.25, 0.3) is 0 Å². The van der Waals surface area contributed by atoms with Crippen LogP contribution in [0.25, 0.3) is 22.3 Å². The van der Waals surface area contributed by atoms with Crippen LogP contribution in [-0.2, 0) is 0 Å². The summed E-state index contributed by atoms with van der Waals surface area (Å²) in [5.74, 6) is 1.34. The Morgan fingerprint density at radius 2 is 1.71 bits per heavy atom. The van der Waals surface area contributed by atoms with E-state index in [1.807, 2.05) is 0 Å². The Kier molecular flexibility index (Phi) is 5.62. The van der Waals surface area contributed by atoms with Gasteiger partial charge < -0.3 is 38.7 Å². The van der Waals surface area contributed by atoms with Crippen molar-refractivity contribution in [2.45, 2.75) is 12.2 Å². The SMILES string of the molecule is COc1cc(C2Oc3cc(-c4cc(=O)c5ccc(O)cc5o4)cc(OC)c3OC2CO)ccc1O. The Labute approximate surface area is 199 Å². The lowest BCUT2D eigenvalue weighted by Gasteiger charge is -2.34. The number of ether oxygens (including phenoxy) is 4. The molecule has 1 aromatic heterocycles. The van der Waals surface area contributed by atoms with Gasteiger partial charge in [-0.3, -0.25) is 4.79 Å². The van der Waals surface area contributed by atoms with Crippen molar-refractivity contribution in [3.63, 3.8) is 0 Å². The molecule has 180 valence electrons. The monoisotopic (exact) mass is 478 g/mol. The van der Waals surface area contributed by atoms with E-state index in [9.17, 15) is 20.1 Å². The van der Waals surface area contributed by atoms with E-state index in [2.05, 4.69) is 0 Å². The number of aromatic hydroxyl groups is 2. The highest BCUT2D eigenvalue weighted by Crippen LogP contribution is 2.48. The van der Waals surface area contributed by atoms with Crippen molar-refractivity contribution in [3.8, 4) is 45.8 Å². The number of hydrogen-bond acceptors (Lipinski definition) is 9. The van der Waals surface area contributed by atoms with Gasteiger partial charge in [-0.25, -0.2) is 0 Å². The summed E-state index contributed by atoms with van der Waals surface area (Å²) in [4.78, 5) is 12.6. The van der Waals surface area contributed by atoms with Gasteiger partial charge in [0.1, 0.15) is 17.1 Å². The summed E-state index contributed by atoms with van der Waals surface area (Å²) in [6.45, 7) is -0.346. The molecule has 0 fully saturated rings. The highest BCUT2D eigenvalue weighted by molar-refractivity contribution is 5.80. The van der Waals surface area contributed by atoms with E-state index in [4.69, 9.17) is 23.4 Å². The average Bonchev–Trinajstić information content (AvgIpc) is 2.87. The molecule has 0 amide bonds. The van der Waals surface area contributed by atoms with E-state index >= 15 is 0 Å². The first-order valence-corrected chi connectivity index (χ1v) is 10.7. The lowest BCUT2D eigenvalue weighted by molar-refractivity contribution is -0.0141.